The number of carbonyl (C=O) groups excluding carboxylic acids is 1. The van der Waals surface area contributed by atoms with Gasteiger partial charge in [-0.3, -0.25) is 4.79 Å². The minimum atomic E-state index is -3.77. The highest BCUT2D eigenvalue weighted by Gasteiger charge is 2.44. The van der Waals surface area contributed by atoms with Crippen LogP contribution in [0.2, 0.25) is 0 Å². The second kappa shape index (κ2) is 8.28. The van der Waals surface area contributed by atoms with E-state index in [-0.39, 0.29) is 37.4 Å². The number of sulfonamides is 1. The van der Waals surface area contributed by atoms with Crippen LogP contribution in [0, 0.1) is 0 Å². The van der Waals surface area contributed by atoms with Crippen molar-refractivity contribution in [2.24, 2.45) is 0 Å². The summed E-state index contributed by atoms with van der Waals surface area (Å²) in [7, 11) is -2.31. The molecule has 1 N–H and O–H groups in total. The van der Waals surface area contributed by atoms with Gasteiger partial charge < -0.3 is 10.1 Å². The molecular weight excluding hydrogens is 383 g/mol. The molecule has 1 aliphatic heterocycles. The number of methoxy groups -OCH3 is 1. The quantitative estimate of drug-likeness (QED) is 0.800. The van der Waals surface area contributed by atoms with Crippen molar-refractivity contribution in [1.29, 1.82) is 0 Å². The fourth-order valence-electron chi connectivity index (χ4n) is 3.16. The van der Waals surface area contributed by atoms with E-state index in [1.165, 1.54) is 23.5 Å². The lowest BCUT2D eigenvalue weighted by molar-refractivity contribution is -0.135. The Hall–Kier alpha value is -2.45. The second-order valence-corrected chi connectivity index (χ2v) is 8.65. The number of hydrogen-bond donors (Lipinski definition) is 1. The predicted octanol–water partition coefficient (Wildman–Crippen LogP) is 2.50. The van der Waals surface area contributed by atoms with Gasteiger partial charge in [-0.05, 0) is 17.7 Å². The zero-order valence-electron chi connectivity index (χ0n) is 15.6. The van der Waals surface area contributed by atoms with Gasteiger partial charge in [0.2, 0.25) is 10.0 Å². The molecule has 1 aliphatic rings. The Kier molecular flexibility index (Phi) is 6.00. The molecule has 0 spiro atoms. The Morgan fingerprint density at radius 1 is 1.14 bits per heavy atom. The van der Waals surface area contributed by atoms with Crippen LogP contribution >= 0.6 is 0 Å². The molecule has 28 heavy (non-hydrogen) atoms. The van der Waals surface area contributed by atoms with Crippen molar-refractivity contribution in [2.75, 3.05) is 20.2 Å². The molecule has 0 saturated carbocycles. The number of rotatable bonds is 6. The molecule has 150 valence electrons. The third-order valence-corrected chi connectivity index (χ3v) is 6.79. The topological polar surface area (TPSA) is 75.7 Å². The van der Waals surface area contributed by atoms with Crippen LogP contribution in [0.4, 0.5) is 4.39 Å². The highest BCUT2D eigenvalue weighted by Crippen LogP contribution is 2.31. The van der Waals surface area contributed by atoms with Gasteiger partial charge in [-0.1, -0.05) is 36.4 Å². The van der Waals surface area contributed by atoms with Crippen molar-refractivity contribution in [3.8, 4) is 5.75 Å². The maximum Gasteiger partial charge on any atom is 0.258 e. The van der Waals surface area contributed by atoms with Gasteiger partial charge in [0.05, 0.1) is 12.0 Å². The van der Waals surface area contributed by atoms with Crippen LogP contribution in [0.15, 0.2) is 59.5 Å². The summed E-state index contributed by atoms with van der Waals surface area (Å²) in [6.07, 6.45) is -0.367. The number of amides is 1. The molecule has 2 aromatic carbocycles. The van der Waals surface area contributed by atoms with Crippen LogP contribution in [0.1, 0.15) is 18.4 Å². The molecule has 6 nitrogen and oxygen atoms in total. The number of nitrogens with one attached hydrogen (secondary N) is 1. The van der Waals surface area contributed by atoms with E-state index in [1.54, 1.807) is 12.1 Å². The summed E-state index contributed by atoms with van der Waals surface area (Å²) >= 11 is 0. The fourth-order valence-corrected chi connectivity index (χ4v) is 4.63. The smallest absolute Gasteiger partial charge is 0.258 e. The normalized spacial score (nSPS) is 17.1. The lowest BCUT2D eigenvalue weighted by atomic mass is 9.93. The Balaban J connectivity index is 1.63. The lowest BCUT2D eigenvalue weighted by Crippen LogP contribution is -2.52. The minimum Gasteiger partial charge on any atom is -0.497 e. The van der Waals surface area contributed by atoms with Crippen LogP contribution in [0.5, 0.6) is 5.75 Å². The molecule has 1 fully saturated rings. The maximum atomic E-state index is 15.1. The number of piperidine rings is 1. The van der Waals surface area contributed by atoms with Crippen molar-refractivity contribution in [2.45, 2.75) is 30.0 Å². The first-order valence-corrected chi connectivity index (χ1v) is 10.4. The fraction of sp³-hybridized carbons (Fsp3) is 0.350. The van der Waals surface area contributed by atoms with Gasteiger partial charge in [0.25, 0.3) is 5.91 Å². The molecule has 8 heteroatoms. The average Bonchev–Trinajstić information content (AvgIpc) is 2.73. The number of ether oxygens (including phenoxy) is 1. The number of nitrogens with zero attached hydrogens (tertiary/aromatic N) is 1. The predicted molar refractivity (Wildman–Crippen MR) is 103 cm³/mol. The third-order valence-electron chi connectivity index (χ3n) is 4.90. The summed E-state index contributed by atoms with van der Waals surface area (Å²) in [5.41, 5.74) is -1.20. The lowest BCUT2D eigenvalue weighted by Gasteiger charge is -2.34. The molecule has 0 aliphatic carbocycles. The molecule has 0 atom stereocenters. The Morgan fingerprint density at radius 2 is 1.82 bits per heavy atom. The van der Waals surface area contributed by atoms with Crippen LogP contribution in [0.25, 0.3) is 0 Å². The van der Waals surface area contributed by atoms with E-state index in [9.17, 15) is 13.2 Å². The number of hydrogen-bond acceptors (Lipinski definition) is 4. The van der Waals surface area contributed by atoms with Crippen LogP contribution in [-0.4, -0.2) is 44.5 Å². The van der Waals surface area contributed by atoms with Crippen molar-refractivity contribution < 1.29 is 22.3 Å². The Morgan fingerprint density at radius 3 is 2.46 bits per heavy atom. The first-order valence-electron chi connectivity index (χ1n) is 9.00. The van der Waals surface area contributed by atoms with Gasteiger partial charge in [-0.15, -0.1) is 0 Å². The number of carbonyl (C=O) groups is 1. The molecule has 2 aromatic rings. The summed E-state index contributed by atoms with van der Waals surface area (Å²) in [5, 5.41) is 2.61. The largest absolute Gasteiger partial charge is 0.497 e. The van der Waals surface area contributed by atoms with Crippen molar-refractivity contribution in [1.82, 2.24) is 9.62 Å². The molecule has 0 radical (unpaired) electrons. The van der Waals surface area contributed by atoms with Crippen LogP contribution in [0.3, 0.4) is 0 Å². The van der Waals surface area contributed by atoms with E-state index in [1.807, 2.05) is 30.3 Å². The standard InChI is InChI=1S/C20H23FN2O4S/c1-27-17-8-5-9-18(14-17)28(25,26)23-12-10-20(21,11-13-23)19(24)22-15-16-6-3-2-4-7-16/h2-9,14H,10-13,15H2,1H3,(H,22,24). The first kappa shape index (κ1) is 20.3. The van der Waals surface area contributed by atoms with Gasteiger partial charge in [-0.25, -0.2) is 12.8 Å². The highest BCUT2D eigenvalue weighted by molar-refractivity contribution is 7.89. The number of alkyl halides is 1. The van der Waals surface area contributed by atoms with E-state index >= 15 is 4.39 Å². The first-order chi connectivity index (χ1) is 13.3. The molecule has 0 bridgehead atoms. The van der Waals surface area contributed by atoms with Crippen LogP contribution < -0.4 is 10.1 Å². The molecule has 0 unspecified atom stereocenters. The molecular formula is C20H23FN2O4S. The van der Waals surface area contributed by atoms with E-state index in [0.717, 1.165) is 5.56 Å². The Bertz CT molecular complexity index is 926. The zero-order valence-corrected chi connectivity index (χ0v) is 16.4. The van der Waals surface area contributed by atoms with Gasteiger partial charge >= 0.3 is 0 Å². The van der Waals surface area contributed by atoms with Crippen molar-refractivity contribution in [3.63, 3.8) is 0 Å². The summed E-state index contributed by atoms with van der Waals surface area (Å²) in [6.45, 7) is 0.112. The second-order valence-electron chi connectivity index (χ2n) is 6.72. The molecule has 0 aromatic heterocycles. The third kappa shape index (κ3) is 4.34. The molecule has 3 rings (SSSR count). The highest BCUT2D eigenvalue weighted by atomic mass is 32.2. The number of halogens is 1. The summed E-state index contributed by atoms with van der Waals surface area (Å²) in [4.78, 5) is 12.4. The van der Waals surface area contributed by atoms with Crippen LogP contribution in [-0.2, 0) is 21.4 Å². The maximum absolute atomic E-state index is 15.1. The van der Waals surface area contributed by atoms with E-state index in [0.29, 0.717) is 5.75 Å². The average molecular weight is 406 g/mol. The zero-order chi connectivity index (χ0) is 20.2. The van der Waals surface area contributed by atoms with Gasteiger partial charge in [0.1, 0.15) is 5.75 Å². The SMILES string of the molecule is COc1cccc(S(=O)(=O)N2CCC(F)(C(=O)NCc3ccccc3)CC2)c1. The van der Waals surface area contributed by atoms with E-state index < -0.39 is 21.6 Å². The van der Waals surface area contributed by atoms with Crippen molar-refractivity contribution in [3.05, 3.63) is 60.2 Å². The monoisotopic (exact) mass is 406 g/mol. The van der Waals surface area contributed by atoms with E-state index in [2.05, 4.69) is 5.32 Å². The molecule has 1 amide bonds. The van der Waals surface area contributed by atoms with Gasteiger partial charge in [0.15, 0.2) is 5.67 Å². The molecule has 1 saturated heterocycles. The summed E-state index contributed by atoms with van der Waals surface area (Å²) < 4.78 is 47.0. The summed E-state index contributed by atoms with van der Waals surface area (Å²) in [5.74, 6) is -0.270. The summed E-state index contributed by atoms with van der Waals surface area (Å²) in [6, 6.07) is 15.4. The van der Waals surface area contributed by atoms with E-state index in [4.69, 9.17) is 4.74 Å². The minimum absolute atomic E-state index is 0.0607. The van der Waals surface area contributed by atoms with Gasteiger partial charge in [-0.2, -0.15) is 4.31 Å². The Labute approximate surface area is 164 Å². The molecule has 1 heterocycles. The van der Waals surface area contributed by atoms with Gasteiger partial charge in [0, 0.05) is 38.5 Å². The van der Waals surface area contributed by atoms with Crippen molar-refractivity contribution >= 4 is 15.9 Å². The number of benzene rings is 2.